The largest absolute Gasteiger partial charge is 0.465 e. The molecule has 0 N–H and O–H groups in total. The topological polar surface area (TPSA) is 42.7 Å². The highest BCUT2D eigenvalue weighted by molar-refractivity contribution is 8.26. The number of carbonyl (C=O) groups is 1. The summed E-state index contributed by atoms with van der Waals surface area (Å²) in [5.41, 5.74) is 0. The number of hydrogen-bond donors (Lipinski definition) is 0. The average molecular weight is 295 g/mol. The van der Waals surface area contributed by atoms with Crippen molar-refractivity contribution in [2.75, 3.05) is 13.2 Å². The smallest absolute Gasteiger partial charge is 0.266 e. The first kappa shape index (κ1) is 12.9. The molecule has 1 amide bonds. The second kappa shape index (κ2) is 5.48. The van der Waals surface area contributed by atoms with Crippen LogP contribution in [0.4, 0.5) is 0 Å². The number of nitrogens with zero attached hydrogens (tertiary/aromatic N) is 1. The molecule has 6 heteroatoms. The normalized spacial score (nSPS) is 25.8. The second-order valence-corrected chi connectivity index (χ2v) is 6.12. The summed E-state index contributed by atoms with van der Waals surface area (Å²) < 4.78 is 11.4. The van der Waals surface area contributed by atoms with E-state index in [1.54, 1.807) is 23.3 Å². The number of thioether (sulfide) groups is 1. The Balaban J connectivity index is 1.73. The van der Waals surface area contributed by atoms with Crippen molar-refractivity contribution in [2.45, 2.75) is 18.9 Å². The fraction of sp³-hybridized carbons (Fsp3) is 0.385. The molecule has 2 saturated heterocycles. The molecule has 2 aliphatic heterocycles. The van der Waals surface area contributed by atoms with Crippen LogP contribution in [0.15, 0.2) is 27.7 Å². The van der Waals surface area contributed by atoms with Crippen LogP contribution in [-0.2, 0) is 9.53 Å². The summed E-state index contributed by atoms with van der Waals surface area (Å²) in [6.45, 7) is 1.34. The van der Waals surface area contributed by atoms with E-state index in [2.05, 4.69) is 0 Å². The first-order valence-corrected chi connectivity index (χ1v) is 7.37. The van der Waals surface area contributed by atoms with Gasteiger partial charge in [0.2, 0.25) is 0 Å². The SMILES string of the molecule is O=C1C(=Cc2ccco2)SC(=S)N1CC1CCCO1. The monoisotopic (exact) mass is 295 g/mol. The van der Waals surface area contributed by atoms with E-state index in [4.69, 9.17) is 21.4 Å². The molecule has 0 radical (unpaired) electrons. The molecule has 1 aromatic heterocycles. The number of thiocarbonyl (C=S) groups is 1. The van der Waals surface area contributed by atoms with Crippen molar-refractivity contribution in [3.05, 3.63) is 29.1 Å². The van der Waals surface area contributed by atoms with Gasteiger partial charge in [-0.1, -0.05) is 24.0 Å². The standard InChI is InChI=1S/C13H13NO3S2/c15-12-11(7-9-3-1-5-16-9)19-13(18)14(12)8-10-4-2-6-17-10/h1,3,5,7,10H,2,4,6,8H2. The summed E-state index contributed by atoms with van der Waals surface area (Å²) >= 11 is 6.58. The average Bonchev–Trinajstić information content (AvgIpc) is 3.10. The lowest BCUT2D eigenvalue weighted by Crippen LogP contribution is -2.35. The molecule has 100 valence electrons. The molecule has 3 heterocycles. The fourth-order valence-corrected chi connectivity index (χ4v) is 3.41. The van der Waals surface area contributed by atoms with Crippen LogP contribution in [0.1, 0.15) is 18.6 Å². The number of ether oxygens (including phenoxy) is 1. The Morgan fingerprint density at radius 1 is 1.58 bits per heavy atom. The summed E-state index contributed by atoms with van der Waals surface area (Å²) in [5.74, 6) is 0.611. The van der Waals surface area contributed by atoms with Gasteiger partial charge in [0.1, 0.15) is 10.1 Å². The Hall–Kier alpha value is -1.11. The van der Waals surface area contributed by atoms with Crippen molar-refractivity contribution in [3.63, 3.8) is 0 Å². The van der Waals surface area contributed by atoms with Crippen LogP contribution in [0.3, 0.4) is 0 Å². The van der Waals surface area contributed by atoms with E-state index < -0.39 is 0 Å². The Labute approximate surface area is 120 Å². The van der Waals surface area contributed by atoms with Gasteiger partial charge in [0, 0.05) is 12.7 Å². The third-order valence-corrected chi connectivity index (χ3v) is 4.48. The minimum absolute atomic E-state index is 0.0538. The van der Waals surface area contributed by atoms with E-state index in [1.807, 2.05) is 6.07 Å². The maximum absolute atomic E-state index is 12.3. The molecular weight excluding hydrogens is 282 g/mol. The van der Waals surface area contributed by atoms with Gasteiger partial charge in [-0.3, -0.25) is 9.69 Å². The van der Waals surface area contributed by atoms with Crippen molar-refractivity contribution >= 4 is 40.3 Å². The van der Waals surface area contributed by atoms with Gasteiger partial charge >= 0.3 is 0 Å². The van der Waals surface area contributed by atoms with Gasteiger partial charge in [0.05, 0.1) is 23.8 Å². The highest BCUT2D eigenvalue weighted by Gasteiger charge is 2.34. The summed E-state index contributed by atoms with van der Waals surface area (Å²) in [6.07, 6.45) is 5.48. The van der Waals surface area contributed by atoms with Gasteiger partial charge in [-0.2, -0.15) is 0 Å². The van der Waals surface area contributed by atoms with E-state index in [0.717, 1.165) is 19.4 Å². The molecule has 2 aliphatic rings. The van der Waals surface area contributed by atoms with E-state index in [-0.39, 0.29) is 12.0 Å². The zero-order valence-corrected chi connectivity index (χ0v) is 11.8. The van der Waals surface area contributed by atoms with Crippen LogP contribution in [0.2, 0.25) is 0 Å². The van der Waals surface area contributed by atoms with Gasteiger partial charge in [0.15, 0.2) is 0 Å². The van der Waals surface area contributed by atoms with Crippen LogP contribution >= 0.6 is 24.0 Å². The molecular formula is C13H13NO3S2. The van der Waals surface area contributed by atoms with Gasteiger partial charge < -0.3 is 9.15 Å². The van der Waals surface area contributed by atoms with Crippen molar-refractivity contribution < 1.29 is 13.9 Å². The van der Waals surface area contributed by atoms with Crippen molar-refractivity contribution in [3.8, 4) is 0 Å². The summed E-state index contributed by atoms with van der Waals surface area (Å²) in [4.78, 5) is 14.5. The highest BCUT2D eigenvalue weighted by Crippen LogP contribution is 2.33. The van der Waals surface area contributed by atoms with Crippen LogP contribution in [0.25, 0.3) is 6.08 Å². The summed E-state index contributed by atoms with van der Waals surface area (Å²) in [6, 6.07) is 3.60. The molecule has 0 aromatic carbocycles. The molecule has 1 atom stereocenters. The molecule has 3 rings (SSSR count). The lowest BCUT2D eigenvalue weighted by molar-refractivity contribution is -0.123. The lowest BCUT2D eigenvalue weighted by Gasteiger charge is -2.18. The van der Waals surface area contributed by atoms with Crippen LogP contribution < -0.4 is 0 Å². The Morgan fingerprint density at radius 3 is 3.16 bits per heavy atom. The Morgan fingerprint density at radius 2 is 2.47 bits per heavy atom. The van der Waals surface area contributed by atoms with E-state index in [1.165, 1.54) is 11.8 Å². The quantitative estimate of drug-likeness (QED) is 0.633. The van der Waals surface area contributed by atoms with Gasteiger partial charge in [-0.25, -0.2) is 0 Å². The summed E-state index contributed by atoms with van der Waals surface area (Å²) in [5, 5.41) is 0. The zero-order chi connectivity index (χ0) is 13.2. The van der Waals surface area contributed by atoms with Crippen LogP contribution in [-0.4, -0.2) is 34.4 Å². The molecule has 4 nitrogen and oxygen atoms in total. The first-order chi connectivity index (χ1) is 9.24. The van der Waals surface area contributed by atoms with Crippen molar-refractivity contribution in [2.24, 2.45) is 0 Å². The van der Waals surface area contributed by atoms with Crippen molar-refractivity contribution in [1.82, 2.24) is 4.90 Å². The predicted octanol–water partition coefficient (Wildman–Crippen LogP) is 2.66. The summed E-state index contributed by atoms with van der Waals surface area (Å²) in [7, 11) is 0. The van der Waals surface area contributed by atoms with E-state index in [0.29, 0.717) is 21.5 Å². The first-order valence-electron chi connectivity index (χ1n) is 6.14. The maximum Gasteiger partial charge on any atom is 0.266 e. The minimum Gasteiger partial charge on any atom is -0.465 e. The van der Waals surface area contributed by atoms with Crippen LogP contribution in [0.5, 0.6) is 0 Å². The number of furan rings is 1. The molecule has 0 aliphatic carbocycles. The second-order valence-electron chi connectivity index (χ2n) is 4.44. The zero-order valence-electron chi connectivity index (χ0n) is 10.2. The fourth-order valence-electron chi connectivity index (χ4n) is 2.15. The number of hydrogen-bond acceptors (Lipinski definition) is 5. The lowest BCUT2D eigenvalue weighted by atomic mass is 10.2. The van der Waals surface area contributed by atoms with Crippen molar-refractivity contribution in [1.29, 1.82) is 0 Å². The molecule has 1 aromatic rings. The number of amides is 1. The Bertz CT molecular complexity index is 518. The Kier molecular flexibility index (Phi) is 3.72. The van der Waals surface area contributed by atoms with E-state index in [9.17, 15) is 4.79 Å². The third-order valence-electron chi connectivity index (χ3n) is 3.10. The number of carbonyl (C=O) groups excluding carboxylic acids is 1. The third kappa shape index (κ3) is 2.75. The maximum atomic E-state index is 12.3. The molecule has 0 spiro atoms. The van der Waals surface area contributed by atoms with Gasteiger partial charge in [-0.05, 0) is 25.0 Å². The van der Waals surface area contributed by atoms with E-state index >= 15 is 0 Å². The predicted molar refractivity (Wildman–Crippen MR) is 77.6 cm³/mol. The molecule has 1 unspecified atom stereocenters. The van der Waals surface area contributed by atoms with Gasteiger partial charge in [-0.15, -0.1) is 0 Å². The van der Waals surface area contributed by atoms with Crippen LogP contribution in [0, 0.1) is 0 Å². The van der Waals surface area contributed by atoms with Gasteiger partial charge in [0.25, 0.3) is 5.91 Å². The highest BCUT2D eigenvalue weighted by atomic mass is 32.2. The minimum atomic E-state index is -0.0538. The molecule has 0 saturated carbocycles. The number of rotatable bonds is 3. The molecule has 19 heavy (non-hydrogen) atoms. The molecule has 0 bridgehead atoms. The molecule has 2 fully saturated rings.